The zero-order valence-electron chi connectivity index (χ0n) is 7.40. The van der Waals surface area contributed by atoms with Crippen LogP contribution in [-0.2, 0) is 4.79 Å². The Morgan fingerprint density at radius 1 is 1.36 bits per heavy atom. The zero-order valence-corrected chi connectivity index (χ0v) is 7.40. The van der Waals surface area contributed by atoms with Crippen LogP contribution in [0.15, 0.2) is 42.5 Å². The van der Waals surface area contributed by atoms with Gasteiger partial charge in [-0.3, -0.25) is 0 Å². The minimum atomic E-state index is -1.07. The Hall–Kier alpha value is -1.90. The molecule has 2 nitrogen and oxygen atoms in total. The molecule has 0 saturated heterocycles. The van der Waals surface area contributed by atoms with Gasteiger partial charge in [0.2, 0.25) is 0 Å². The Kier molecular flexibility index (Phi) is 3.18. The van der Waals surface area contributed by atoms with Gasteiger partial charge in [-0.05, 0) is 23.8 Å². The molecule has 0 atom stereocenters. The number of rotatable bonds is 3. The monoisotopic (exact) mass is 192 g/mol. The molecule has 1 N–H and O–H groups in total. The van der Waals surface area contributed by atoms with E-state index in [1.54, 1.807) is 18.2 Å². The zero-order chi connectivity index (χ0) is 10.6. The standard InChI is InChI=1S/C11H9FO2/c1-8(11(13)14)2-3-9-4-6-10(12)7-5-9/h2-7H,1H2,(H,13,14)/b3-2+. The summed E-state index contributed by atoms with van der Waals surface area (Å²) < 4.78 is 12.5. The van der Waals surface area contributed by atoms with Gasteiger partial charge in [0.1, 0.15) is 5.82 Å². The van der Waals surface area contributed by atoms with E-state index in [0.29, 0.717) is 0 Å². The number of carboxylic acids is 1. The predicted molar refractivity (Wildman–Crippen MR) is 52.2 cm³/mol. The fraction of sp³-hybridized carbons (Fsp3) is 0. The van der Waals surface area contributed by atoms with Crippen molar-refractivity contribution in [3.63, 3.8) is 0 Å². The van der Waals surface area contributed by atoms with Crippen molar-refractivity contribution in [2.75, 3.05) is 0 Å². The number of halogens is 1. The molecule has 72 valence electrons. The number of hydrogen-bond acceptors (Lipinski definition) is 1. The highest BCUT2D eigenvalue weighted by Crippen LogP contribution is 2.06. The summed E-state index contributed by atoms with van der Waals surface area (Å²) in [6.07, 6.45) is 2.94. The Balaban J connectivity index is 2.74. The first-order chi connectivity index (χ1) is 6.59. The molecule has 0 aliphatic carbocycles. The Morgan fingerprint density at radius 2 is 1.93 bits per heavy atom. The van der Waals surface area contributed by atoms with Crippen molar-refractivity contribution < 1.29 is 14.3 Å². The van der Waals surface area contributed by atoms with E-state index in [2.05, 4.69) is 6.58 Å². The third-order valence-corrected chi connectivity index (χ3v) is 1.62. The number of carbonyl (C=O) groups is 1. The maximum absolute atomic E-state index is 12.5. The smallest absolute Gasteiger partial charge is 0.335 e. The van der Waals surface area contributed by atoms with Gasteiger partial charge in [-0.25, -0.2) is 9.18 Å². The molecule has 0 aromatic heterocycles. The SMILES string of the molecule is C=C(/C=C/c1ccc(F)cc1)C(=O)O. The van der Waals surface area contributed by atoms with E-state index < -0.39 is 5.97 Å². The first kappa shape index (κ1) is 10.2. The molecule has 0 spiro atoms. The van der Waals surface area contributed by atoms with Gasteiger partial charge in [0.05, 0.1) is 5.57 Å². The number of carboxylic acid groups (broad SMARTS) is 1. The Labute approximate surface area is 81.0 Å². The minimum Gasteiger partial charge on any atom is -0.478 e. The second kappa shape index (κ2) is 4.37. The second-order valence-corrected chi connectivity index (χ2v) is 2.72. The fourth-order valence-corrected chi connectivity index (χ4v) is 0.842. The van der Waals surface area contributed by atoms with Crippen molar-refractivity contribution in [2.45, 2.75) is 0 Å². The van der Waals surface area contributed by atoms with Crippen molar-refractivity contribution in [3.8, 4) is 0 Å². The molecule has 0 amide bonds. The molecule has 14 heavy (non-hydrogen) atoms. The van der Waals surface area contributed by atoms with Crippen LogP contribution in [-0.4, -0.2) is 11.1 Å². The third-order valence-electron chi connectivity index (χ3n) is 1.62. The molecule has 0 fully saturated rings. The number of benzene rings is 1. The normalized spacial score (nSPS) is 10.4. The maximum atomic E-state index is 12.5. The average molecular weight is 192 g/mol. The van der Waals surface area contributed by atoms with Gasteiger partial charge in [-0.1, -0.05) is 24.8 Å². The largest absolute Gasteiger partial charge is 0.478 e. The lowest BCUT2D eigenvalue weighted by atomic mass is 10.2. The van der Waals surface area contributed by atoms with E-state index in [9.17, 15) is 9.18 Å². The van der Waals surface area contributed by atoms with Crippen LogP contribution in [0.25, 0.3) is 6.08 Å². The number of hydrogen-bond donors (Lipinski definition) is 1. The first-order valence-electron chi connectivity index (χ1n) is 3.95. The molecular weight excluding hydrogens is 183 g/mol. The summed E-state index contributed by atoms with van der Waals surface area (Å²) in [6.45, 7) is 3.33. The summed E-state index contributed by atoms with van der Waals surface area (Å²) in [5, 5.41) is 8.49. The second-order valence-electron chi connectivity index (χ2n) is 2.72. The topological polar surface area (TPSA) is 37.3 Å². The van der Waals surface area contributed by atoms with Gasteiger partial charge < -0.3 is 5.11 Å². The molecule has 3 heteroatoms. The summed E-state index contributed by atoms with van der Waals surface area (Å²) in [6, 6.07) is 5.73. The Morgan fingerprint density at radius 3 is 2.43 bits per heavy atom. The summed E-state index contributed by atoms with van der Waals surface area (Å²) in [7, 11) is 0. The maximum Gasteiger partial charge on any atom is 0.335 e. The molecule has 0 heterocycles. The minimum absolute atomic E-state index is 0.00525. The van der Waals surface area contributed by atoms with Crippen LogP contribution in [0, 0.1) is 5.82 Å². The molecule has 0 aliphatic heterocycles. The molecule has 1 rings (SSSR count). The predicted octanol–water partition coefficient (Wildman–Crippen LogP) is 2.48. The van der Waals surface area contributed by atoms with Crippen molar-refractivity contribution in [3.05, 3.63) is 53.9 Å². The first-order valence-corrected chi connectivity index (χ1v) is 3.95. The van der Waals surface area contributed by atoms with Crippen molar-refractivity contribution >= 4 is 12.0 Å². The molecule has 0 unspecified atom stereocenters. The van der Waals surface area contributed by atoms with Gasteiger partial charge in [0.15, 0.2) is 0 Å². The van der Waals surface area contributed by atoms with E-state index in [-0.39, 0.29) is 11.4 Å². The highest BCUT2D eigenvalue weighted by Gasteiger charge is 1.97. The highest BCUT2D eigenvalue weighted by molar-refractivity contribution is 5.90. The number of aliphatic carboxylic acids is 1. The van der Waals surface area contributed by atoms with E-state index in [1.165, 1.54) is 18.2 Å². The molecule has 0 saturated carbocycles. The Bertz CT molecular complexity index is 377. The van der Waals surface area contributed by atoms with Gasteiger partial charge in [-0.2, -0.15) is 0 Å². The van der Waals surface area contributed by atoms with Crippen LogP contribution >= 0.6 is 0 Å². The lowest BCUT2D eigenvalue weighted by Gasteiger charge is -1.93. The summed E-state index contributed by atoms with van der Waals surface area (Å²) in [5.41, 5.74) is 0.725. The van der Waals surface area contributed by atoms with Crippen LogP contribution in [0.2, 0.25) is 0 Å². The average Bonchev–Trinajstić information content (AvgIpc) is 2.16. The third kappa shape index (κ3) is 2.86. The summed E-state index contributed by atoms with van der Waals surface area (Å²) in [4.78, 5) is 10.4. The molecule has 0 bridgehead atoms. The summed E-state index contributed by atoms with van der Waals surface area (Å²) >= 11 is 0. The quantitative estimate of drug-likeness (QED) is 0.590. The molecule has 0 aliphatic rings. The van der Waals surface area contributed by atoms with Gasteiger partial charge in [-0.15, -0.1) is 0 Å². The van der Waals surface area contributed by atoms with Crippen molar-refractivity contribution in [2.24, 2.45) is 0 Å². The van der Waals surface area contributed by atoms with Gasteiger partial charge in [0.25, 0.3) is 0 Å². The summed E-state index contributed by atoms with van der Waals surface area (Å²) in [5.74, 6) is -1.39. The van der Waals surface area contributed by atoms with Crippen LogP contribution in [0.1, 0.15) is 5.56 Å². The van der Waals surface area contributed by atoms with E-state index in [1.807, 2.05) is 0 Å². The molecular formula is C11H9FO2. The van der Waals surface area contributed by atoms with Crippen molar-refractivity contribution in [1.82, 2.24) is 0 Å². The van der Waals surface area contributed by atoms with Crippen LogP contribution in [0.4, 0.5) is 4.39 Å². The van der Waals surface area contributed by atoms with E-state index >= 15 is 0 Å². The lowest BCUT2D eigenvalue weighted by molar-refractivity contribution is -0.132. The van der Waals surface area contributed by atoms with Crippen molar-refractivity contribution in [1.29, 1.82) is 0 Å². The fourth-order valence-electron chi connectivity index (χ4n) is 0.842. The lowest BCUT2D eigenvalue weighted by Crippen LogP contribution is -1.94. The van der Waals surface area contributed by atoms with Gasteiger partial charge >= 0.3 is 5.97 Å². The molecule has 1 aromatic carbocycles. The van der Waals surface area contributed by atoms with E-state index in [0.717, 1.165) is 5.56 Å². The molecule has 1 aromatic rings. The highest BCUT2D eigenvalue weighted by atomic mass is 19.1. The molecule has 0 radical (unpaired) electrons. The van der Waals surface area contributed by atoms with E-state index in [4.69, 9.17) is 5.11 Å². The van der Waals surface area contributed by atoms with Crippen LogP contribution in [0.5, 0.6) is 0 Å². The van der Waals surface area contributed by atoms with Crippen LogP contribution in [0.3, 0.4) is 0 Å². The van der Waals surface area contributed by atoms with Gasteiger partial charge in [0, 0.05) is 0 Å². The van der Waals surface area contributed by atoms with Crippen LogP contribution < -0.4 is 0 Å².